The molecule has 0 rings (SSSR count). The van der Waals surface area contributed by atoms with E-state index in [-0.39, 0.29) is 13.2 Å². The van der Waals surface area contributed by atoms with Gasteiger partial charge in [0, 0.05) is 12.6 Å². The van der Waals surface area contributed by atoms with E-state index in [2.05, 4.69) is 16.6 Å². The second-order valence-electron chi connectivity index (χ2n) is 5.67. The predicted molar refractivity (Wildman–Crippen MR) is 107 cm³/mol. The van der Waals surface area contributed by atoms with Gasteiger partial charge in [0.05, 0.1) is 66.1 Å². The minimum atomic E-state index is -1.13. The molecule has 0 unspecified atom stereocenters. The average molecular weight is 451 g/mol. The van der Waals surface area contributed by atoms with Crippen LogP contribution in [0.15, 0.2) is 12.7 Å². The highest BCUT2D eigenvalue weighted by molar-refractivity contribution is 5.81. The van der Waals surface area contributed by atoms with Gasteiger partial charge in [0.1, 0.15) is 19.8 Å². The first-order chi connectivity index (χ1) is 15.1. The Balaban J connectivity index is 3.14. The summed E-state index contributed by atoms with van der Waals surface area (Å²) in [4.78, 5) is 32.3. The van der Waals surface area contributed by atoms with E-state index in [4.69, 9.17) is 33.5 Å². The number of carbonyl (C=O) groups excluding carboxylic acids is 2. The fourth-order valence-electron chi connectivity index (χ4n) is 1.79. The van der Waals surface area contributed by atoms with Gasteiger partial charge >= 0.3 is 11.9 Å². The van der Waals surface area contributed by atoms with Gasteiger partial charge in [-0.1, -0.05) is 6.58 Å². The van der Waals surface area contributed by atoms with Crippen molar-refractivity contribution < 1.29 is 52.6 Å². The molecule has 12 nitrogen and oxygen atoms in total. The quantitative estimate of drug-likeness (QED) is 0.112. The van der Waals surface area contributed by atoms with Crippen molar-refractivity contribution in [3.05, 3.63) is 12.7 Å². The lowest BCUT2D eigenvalue weighted by molar-refractivity contribution is -0.143. The summed E-state index contributed by atoms with van der Waals surface area (Å²) in [6, 6.07) is 0. The minimum Gasteiger partial charge on any atom is -0.480 e. The fraction of sp³-hybridized carbons (Fsp3) is 0.737. The number of carbonyl (C=O) groups is 3. The summed E-state index contributed by atoms with van der Waals surface area (Å²) >= 11 is 0. The van der Waals surface area contributed by atoms with Crippen LogP contribution in [0.25, 0.3) is 0 Å². The Morgan fingerprint density at radius 2 is 1.13 bits per heavy atom. The Labute approximate surface area is 181 Å². The third kappa shape index (κ3) is 24.1. The molecule has 31 heavy (non-hydrogen) atoms. The smallest absolute Gasteiger partial charge is 0.330 e. The van der Waals surface area contributed by atoms with Crippen LogP contribution >= 0.6 is 0 Å². The molecule has 0 saturated carbocycles. The van der Waals surface area contributed by atoms with Crippen molar-refractivity contribution in [2.24, 2.45) is 0 Å². The number of nitrogens with one attached hydrogen (secondary N) is 1. The number of amides is 1. The van der Waals surface area contributed by atoms with E-state index < -0.39 is 24.5 Å². The van der Waals surface area contributed by atoms with Crippen LogP contribution in [-0.2, 0) is 47.5 Å². The number of carboxylic acids is 1. The zero-order valence-corrected chi connectivity index (χ0v) is 17.7. The Morgan fingerprint density at radius 1 is 0.677 bits per heavy atom. The van der Waals surface area contributed by atoms with Crippen molar-refractivity contribution in [2.45, 2.75) is 0 Å². The highest BCUT2D eigenvalue weighted by Crippen LogP contribution is 1.85. The Kier molecular flexibility index (Phi) is 21.1. The molecule has 2 N–H and O–H groups in total. The number of hydrogen-bond donors (Lipinski definition) is 2. The van der Waals surface area contributed by atoms with Gasteiger partial charge in [-0.05, 0) is 0 Å². The molecule has 0 aliphatic heterocycles. The zero-order valence-electron chi connectivity index (χ0n) is 17.7. The number of esters is 1. The number of aliphatic carboxylic acids is 1. The molecular weight excluding hydrogens is 418 g/mol. The normalized spacial score (nSPS) is 10.6. The highest BCUT2D eigenvalue weighted by atomic mass is 16.6. The van der Waals surface area contributed by atoms with Crippen LogP contribution in [0.3, 0.4) is 0 Å². The van der Waals surface area contributed by atoms with Gasteiger partial charge in [-0.3, -0.25) is 4.79 Å². The summed E-state index contributed by atoms with van der Waals surface area (Å²) in [5, 5.41) is 10.9. The molecule has 0 heterocycles. The van der Waals surface area contributed by atoms with Crippen LogP contribution in [0.5, 0.6) is 0 Å². The van der Waals surface area contributed by atoms with Gasteiger partial charge in [-0.25, -0.2) is 9.59 Å². The molecule has 0 saturated heterocycles. The van der Waals surface area contributed by atoms with Crippen LogP contribution in [0, 0.1) is 0 Å². The molecule has 0 aromatic heterocycles. The molecule has 0 spiro atoms. The second-order valence-corrected chi connectivity index (χ2v) is 5.67. The summed E-state index contributed by atoms with van der Waals surface area (Å²) in [5.74, 6) is -2.00. The molecule has 180 valence electrons. The lowest BCUT2D eigenvalue weighted by atomic mass is 10.6. The average Bonchev–Trinajstić information content (AvgIpc) is 2.74. The first-order valence-corrected chi connectivity index (χ1v) is 9.80. The third-order valence-corrected chi connectivity index (χ3v) is 3.15. The Hall–Kier alpha value is -2.09. The molecule has 12 heteroatoms. The van der Waals surface area contributed by atoms with E-state index in [1.165, 1.54) is 0 Å². The Morgan fingerprint density at radius 3 is 1.58 bits per heavy atom. The van der Waals surface area contributed by atoms with Crippen LogP contribution < -0.4 is 5.32 Å². The first kappa shape index (κ1) is 28.9. The fourth-order valence-corrected chi connectivity index (χ4v) is 1.79. The summed E-state index contributed by atoms with van der Waals surface area (Å²) < 4.78 is 35.9. The van der Waals surface area contributed by atoms with Gasteiger partial charge in [0.2, 0.25) is 5.91 Å². The van der Waals surface area contributed by atoms with Crippen molar-refractivity contribution in [1.82, 2.24) is 5.32 Å². The van der Waals surface area contributed by atoms with E-state index in [0.29, 0.717) is 72.6 Å². The highest BCUT2D eigenvalue weighted by Gasteiger charge is 2.03. The SMILES string of the molecule is C=CC(=O)OCCOCCOCCOCCOCCOCCNC(=O)COCC(=O)O. The molecular formula is C19H33NO11. The molecule has 0 bridgehead atoms. The van der Waals surface area contributed by atoms with E-state index in [1.54, 1.807) is 0 Å². The summed E-state index contributed by atoms with van der Waals surface area (Å²) in [5.41, 5.74) is 0. The lowest BCUT2D eigenvalue weighted by Gasteiger charge is -2.08. The molecule has 0 aromatic carbocycles. The molecule has 0 atom stereocenters. The maximum absolute atomic E-state index is 11.3. The number of hydrogen-bond acceptors (Lipinski definition) is 10. The van der Waals surface area contributed by atoms with E-state index in [0.717, 1.165) is 6.08 Å². The third-order valence-electron chi connectivity index (χ3n) is 3.15. The summed E-state index contributed by atoms with van der Waals surface area (Å²) in [7, 11) is 0. The second kappa shape index (κ2) is 22.6. The van der Waals surface area contributed by atoms with Gasteiger partial charge < -0.3 is 43.6 Å². The van der Waals surface area contributed by atoms with Crippen molar-refractivity contribution in [1.29, 1.82) is 0 Å². The lowest BCUT2D eigenvalue weighted by Crippen LogP contribution is -2.31. The zero-order chi connectivity index (χ0) is 23.0. The molecule has 1 amide bonds. The molecule has 0 aliphatic carbocycles. The van der Waals surface area contributed by atoms with Gasteiger partial charge in [0.25, 0.3) is 0 Å². The van der Waals surface area contributed by atoms with E-state index in [1.807, 2.05) is 0 Å². The van der Waals surface area contributed by atoms with Crippen LogP contribution in [-0.4, -0.2) is 115 Å². The van der Waals surface area contributed by atoms with Gasteiger partial charge in [-0.15, -0.1) is 0 Å². The maximum atomic E-state index is 11.3. The van der Waals surface area contributed by atoms with Gasteiger partial charge in [0.15, 0.2) is 0 Å². The van der Waals surface area contributed by atoms with Crippen molar-refractivity contribution in [3.8, 4) is 0 Å². The molecule has 0 radical (unpaired) electrons. The predicted octanol–water partition coefficient (Wildman–Crippen LogP) is -0.984. The van der Waals surface area contributed by atoms with Crippen LogP contribution in [0.4, 0.5) is 0 Å². The van der Waals surface area contributed by atoms with Crippen LogP contribution in [0.2, 0.25) is 0 Å². The number of rotatable bonds is 23. The Bertz CT molecular complexity index is 487. The first-order valence-electron chi connectivity index (χ1n) is 9.80. The van der Waals surface area contributed by atoms with Crippen molar-refractivity contribution in [3.63, 3.8) is 0 Å². The molecule has 0 fully saturated rings. The number of ether oxygens (including phenoxy) is 7. The van der Waals surface area contributed by atoms with Crippen molar-refractivity contribution in [2.75, 3.05) is 92.4 Å². The largest absolute Gasteiger partial charge is 0.480 e. The minimum absolute atomic E-state index is 0.182. The summed E-state index contributed by atoms with van der Waals surface area (Å²) in [6.07, 6.45) is 1.10. The standard InChI is InChI=1S/C19H33NO11/c1-2-19(24)31-14-13-29-12-11-28-10-9-27-8-7-26-6-5-25-4-3-20-17(21)15-30-16-18(22)23/h2H,1,3-16H2,(H,20,21)(H,22,23). The molecule has 0 aromatic rings. The van der Waals surface area contributed by atoms with Crippen molar-refractivity contribution >= 4 is 17.8 Å². The summed E-state index contributed by atoms with van der Waals surface area (Å²) in [6.45, 7) is 6.89. The van der Waals surface area contributed by atoms with Crippen LogP contribution in [0.1, 0.15) is 0 Å². The topological polar surface area (TPSA) is 148 Å². The maximum Gasteiger partial charge on any atom is 0.330 e. The monoisotopic (exact) mass is 451 g/mol. The number of carboxylic acid groups (broad SMARTS) is 1. The van der Waals surface area contributed by atoms with Gasteiger partial charge in [-0.2, -0.15) is 0 Å². The van der Waals surface area contributed by atoms with E-state index in [9.17, 15) is 14.4 Å². The van der Waals surface area contributed by atoms with E-state index >= 15 is 0 Å². The molecule has 0 aliphatic rings.